The summed E-state index contributed by atoms with van der Waals surface area (Å²) in [4.78, 5) is 3.93. The summed E-state index contributed by atoms with van der Waals surface area (Å²) in [5, 5.41) is 10.1. The van der Waals surface area contributed by atoms with Gasteiger partial charge in [-0.25, -0.2) is 8.78 Å². The number of hydrogen-bond acceptors (Lipinski definition) is 2. The fraction of sp³-hybridized carbons (Fsp3) is 0.214. The highest BCUT2D eigenvalue weighted by Crippen LogP contribution is 2.21. The van der Waals surface area contributed by atoms with Crippen LogP contribution in [0.15, 0.2) is 36.7 Å². The van der Waals surface area contributed by atoms with Crippen molar-refractivity contribution in [3.63, 3.8) is 0 Å². The highest BCUT2D eigenvalue weighted by atomic mass is 19.1. The molecule has 0 spiro atoms. The Hall–Kier alpha value is -1.81. The average Bonchev–Trinajstić information content (AvgIpc) is 2.27. The van der Waals surface area contributed by atoms with Gasteiger partial charge in [-0.1, -0.05) is 0 Å². The lowest BCUT2D eigenvalue weighted by Gasteiger charge is -2.13. The number of aryl methyl sites for hydroxylation is 1. The Kier molecular flexibility index (Phi) is 3.67. The summed E-state index contributed by atoms with van der Waals surface area (Å²) in [7, 11) is 0. The summed E-state index contributed by atoms with van der Waals surface area (Å²) in [6.07, 6.45) is 2.59. The Bertz CT molecular complexity index is 537. The molecular formula is C14H13F2NO. The van der Waals surface area contributed by atoms with E-state index in [2.05, 4.69) is 4.98 Å². The molecule has 0 bridgehead atoms. The third kappa shape index (κ3) is 2.90. The van der Waals surface area contributed by atoms with Crippen molar-refractivity contribution < 1.29 is 13.9 Å². The van der Waals surface area contributed by atoms with Gasteiger partial charge in [-0.05, 0) is 41.8 Å². The lowest BCUT2D eigenvalue weighted by Crippen LogP contribution is -2.04. The van der Waals surface area contributed by atoms with E-state index < -0.39 is 17.7 Å². The van der Waals surface area contributed by atoms with Gasteiger partial charge in [0, 0.05) is 24.9 Å². The summed E-state index contributed by atoms with van der Waals surface area (Å²) >= 11 is 0. The minimum atomic E-state index is -0.797. The van der Waals surface area contributed by atoms with Crippen LogP contribution in [0.1, 0.15) is 22.8 Å². The van der Waals surface area contributed by atoms with Crippen molar-refractivity contribution in [1.29, 1.82) is 0 Å². The molecule has 0 aliphatic rings. The molecule has 1 unspecified atom stereocenters. The quantitative estimate of drug-likeness (QED) is 0.907. The van der Waals surface area contributed by atoms with Crippen LogP contribution in [0.2, 0.25) is 0 Å². The molecule has 1 aromatic heterocycles. The molecule has 1 aromatic carbocycles. The molecule has 0 saturated carbocycles. The van der Waals surface area contributed by atoms with Crippen LogP contribution in [0.25, 0.3) is 0 Å². The Balaban J connectivity index is 2.21. The second kappa shape index (κ2) is 5.23. The smallest absolute Gasteiger partial charge is 0.126 e. The molecule has 0 aliphatic carbocycles. The van der Waals surface area contributed by atoms with Gasteiger partial charge in [-0.2, -0.15) is 0 Å². The first kappa shape index (κ1) is 12.6. The number of aromatic nitrogens is 1. The van der Waals surface area contributed by atoms with Crippen molar-refractivity contribution in [3.8, 4) is 0 Å². The summed E-state index contributed by atoms with van der Waals surface area (Å²) in [5.41, 5.74) is 1.99. The standard InChI is InChI=1S/C14H13F2NO/c1-9-8-17-3-2-13(9)14(18)6-10-4-11(15)7-12(16)5-10/h2-5,7-8,14,18H,6H2,1H3. The first-order valence-corrected chi connectivity index (χ1v) is 5.60. The van der Waals surface area contributed by atoms with Crippen LogP contribution in [0.3, 0.4) is 0 Å². The van der Waals surface area contributed by atoms with Gasteiger partial charge in [-0.3, -0.25) is 4.98 Å². The van der Waals surface area contributed by atoms with E-state index in [9.17, 15) is 13.9 Å². The van der Waals surface area contributed by atoms with E-state index in [-0.39, 0.29) is 6.42 Å². The lowest BCUT2D eigenvalue weighted by atomic mass is 9.99. The zero-order valence-electron chi connectivity index (χ0n) is 9.90. The van der Waals surface area contributed by atoms with Gasteiger partial charge in [0.05, 0.1) is 6.10 Å². The van der Waals surface area contributed by atoms with Crippen molar-refractivity contribution in [1.82, 2.24) is 4.98 Å². The van der Waals surface area contributed by atoms with E-state index >= 15 is 0 Å². The number of rotatable bonds is 3. The summed E-state index contributed by atoms with van der Waals surface area (Å²) in [5.74, 6) is -1.27. The number of aliphatic hydroxyl groups is 1. The summed E-state index contributed by atoms with van der Waals surface area (Å²) < 4.78 is 26.1. The highest BCUT2D eigenvalue weighted by molar-refractivity contribution is 5.27. The van der Waals surface area contributed by atoms with E-state index in [0.29, 0.717) is 5.56 Å². The molecule has 2 aromatic rings. The molecule has 0 aliphatic heterocycles. The van der Waals surface area contributed by atoms with Crippen LogP contribution in [-0.2, 0) is 6.42 Å². The molecular weight excluding hydrogens is 236 g/mol. The molecule has 2 nitrogen and oxygen atoms in total. The van der Waals surface area contributed by atoms with Gasteiger partial charge in [0.25, 0.3) is 0 Å². The third-order valence-corrected chi connectivity index (χ3v) is 2.77. The lowest BCUT2D eigenvalue weighted by molar-refractivity contribution is 0.177. The third-order valence-electron chi connectivity index (χ3n) is 2.77. The molecule has 18 heavy (non-hydrogen) atoms. The van der Waals surface area contributed by atoms with E-state index in [1.165, 1.54) is 12.1 Å². The van der Waals surface area contributed by atoms with Gasteiger partial charge in [-0.15, -0.1) is 0 Å². The zero-order valence-corrected chi connectivity index (χ0v) is 9.90. The molecule has 1 heterocycles. The minimum absolute atomic E-state index is 0.166. The Labute approximate surface area is 104 Å². The first-order chi connectivity index (χ1) is 8.56. The Morgan fingerprint density at radius 3 is 2.50 bits per heavy atom. The molecule has 4 heteroatoms. The highest BCUT2D eigenvalue weighted by Gasteiger charge is 2.12. The summed E-state index contributed by atoms with van der Waals surface area (Å²) in [6, 6.07) is 4.97. The number of hydrogen-bond donors (Lipinski definition) is 1. The monoisotopic (exact) mass is 249 g/mol. The second-order valence-corrected chi connectivity index (χ2v) is 4.23. The predicted octanol–water partition coefficient (Wildman–Crippen LogP) is 2.94. The van der Waals surface area contributed by atoms with Crippen LogP contribution in [0.5, 0.6) is 0 Å². The van der Waals surface area contributed by atoms with Crippen LogP contribution in [0, 0.1) is 18.6 Å². The number of nitrogens with zero attached hydrogens (tertiary/aromatic N) is 1. The topological polar surface area (TPSA) is 33.1 Å². The van der Waals surface area contributed by atoms with E-state index in [1.807, 2.05) is 6.92 Å². The molecule has 0 amide bonds. The molecule has 1 N–H and O–H groups in total. The molecule has 1 atom stereocenters. The maximum absolute atomic E-state index is 13.0. The van der Waals surface area contributed by atoms with Gasteiger partial charge in [0.2, 0.25) is 0 Å². The number of halogens is 2. The fourth-order valence-corrected chi connectivity index (χ4v) is 1.92. The van der Waals surface area contributed by atoms with E-state index in [4.69, 9.17) is 0 Å². The van der Waals surface area contributed by atoms with Crippen molar-refractivity contribution in [2.24, 2.45) is 0 Å². The maximum atomic E-state index is 13.0. The van der Waals surface area contributed by atoms with Gasteiger partial charge in [0.15, 0.2) is 0 Å². The Morgan fingerprint density at radius 2 is 1.89 bits per heavy atom. The van der Waals surface area contributed by atoms with Crippen molar-refractivity contribution in [2.75, 3.05) is 0 Å². The van der Waals surface area contributed by atoms with E-state index in [0.717, 1.165) is 17.2 Å². The molecule has 0 saturated heterocycles. The van der Waals surface area contributed by atoms with Crippen molar-refractivity contribution >= 4 is 0 Å². The van der Waals surface area contributed by atoms with Crippen LogP contribution >= 0.6 is 0 Å². The van der Waals surface area contributed by atoms with Gasteiger partial charge in [0.1, 0.15) is 11.6 Å². The van der Waals surface area contributed by atoms with Crippen molar-refractivity contribution in [3.05, 3.63) is 65.0 Å². The maximum Gasteiger partial charge on any atom is 0.126 e. The van der Waals surface area contributed by atoms with Crippen molar-refractivity contribution in [2.45, 2.75) is 19.4 Å². The van der Waals surface area contributed by atoms with Gasteiger partial charge < -0.3 is 5.11 Å². The number of benzene rings is 1. The molecule has 2 rings (SSSR count). The van der Waals surface area contributed by atoms with Crippen LogP contribution in [0.4, 0.5) is 8.78 Å². The van der Waals surface area contributed by atoms with Gasteiger partial charge >= 0.3 is 0 Å². The largest absolute Gasteiger partial charge is 0.388 e. The second-order valence-electron chi connectivity index (χ2n) is 4.23. The SMILES string of the molecule is Cc1cnccc1C(O)Cc1cc(F)cc(F)c1. The zero-order chi connectivity index (χ0) is 13.1. The van der Waals surface area contributed by atoms with Crippen LogP contribution < -0.4 is 0 Å². The molecule has 0 fully saturated rings. The molecule has 94 valence electrons. The molecule has 0 radical (unpaired) electrons. The normalized spacial score (nSPS) is 12.4. The first-order valence-electron chi connectivity index (χ1n) is 5.60. The predicted molar refractivity (Wildman–Crippen MR) is 64.0 cm³/mol. The Morgan fingerprint density at radius 1 is 1.22 bits per heavy atom. The minimum Gasteiger partial charge on any atom is -0.388 e. The number of aliphatic hydroxyl groups excluding tert-OH is 1. The van der Waals surface area contributed by atoms with E-state index in [1.54, 1.807) is 18.5 Å². The van der Waals surface area contributed by atoms with Crippen LogP contribution in [-0.4, -0.2) is 10.1 Å². The number of pyridine rings is 1. The fourth-order valence-electron chi connectivity index (χ4n) is 1.92. The average molecular weight is 249 g/mol. The summed E-state index contributed by atoms with van der Waals surface area (Å²) in [6.45, 7) is 1.83.